The number of aliphatic carboxylic acids is 1. The van der Waals surface area contributed by atoms with E-state index in [4.69, 9.17) is 0 Å². The van der Waals surface area contributed by atoms with Crippen molar-refractivity contribution in [2.45, 2.75) is 57.2 Å². The zero-order valence-electron chi connectivity index (χ0n) is 10.0. The SMILES string of the molecule is CCC[C@]1(C(=O)O)[C@@H](O)C[C@@H]2CC[C@H]1N2C. The van der Waals surface area contributed by atoms with Gasteiger partial charge in [0.2, 0.25) is 0 Å². The number of aliphatic hydroxyl groups is 1. The molecule has 0 aliphatic carbocycles. The Hall–Kier alpha value is -0.610. The standard InChI is InChI=1S/C12H21NO3/c1-3-6-12(11(15)16)9-5-4-8(13(9)2)7-10(12)14/h8-10,14H,3-7H2,1-2H3,(H,15,16)/t8-,9+,10-,12+/m0/s1. The molecule has 92 valence electrons. The summed E-state index contributed by atoms with van der Waals surface area (Å²) in [6.45, 7) is 1.98. The first kappa shape index (κ1) is 11.9. The average molecular weight is 227 g/mol. The van der Waals surface area contributed by atoms with Gasteiger partial charge in [0.15, 0.2) is 0 Å². The van der Waals surface area contributed by atoms with Crippen LogP contribution in [-0.2, 0) is 4.79 Å². The van der Waals surface area contributed by atoms with Gasteiger partial charge in [-0.3, -0.25) is 9.69 Å². The third-order valence-electron chi connectivity index (χ3n) is 4.59. The molecule has 4 heteroatoms. The minimum Gasteiger partial charge on any atom is -0.481 e. The van der Waals surface area contributed by atoms with Crippen LogP contribution in [0.1, 0.15) is 39.0 Å². The summed E-state index contributed by atoms with van der Waals surface area (Å²) in [6.07, 6.45) is 3.24. The molecule has 0 aromatic heterocycles. The number of aliphatic hydroxyl groups excluding tert-OH is 1. The Morgan fingerprint density at radius 2 is 2.19 bits per heavy atom. The highest BCUT2D eigenvalue weighted by molar-refractivity contribution is 5.77. The van der Waals surface area contributed by atoms with Gasteiger partial charge in [0.05, 0.1) is 6.10 Å². The maximum Gasteiger partial charge on any atom is 0.313 e. The summed E-state index contributed by atoms with van der Waals surface area (Å²) >= 11 is 0. The summed E-state index contributed by atoms with van der Waals surface area (Å²) in [4.78, 5) is 13.8. The molecule has 0 aromatic rings. The number of carbonyl (C=O) groups is 1. The normalized spacial score (nSPS) is 43.6. The maximum atomic E-state index is 11.6. The summed E-state index contributed by atoms with van der Waals surface area (Å²) in [5.74, 6) is -0.820. The zero-order chi connectivity index (χ0) is 11.9. The lowest BCUT2D eigenvalue weighted by Crippen LogP contribution is -2.60. The number of nitrogens with zero attached hydrogens (tertiary/aromatic N) is 1. The van der Waals surface area contributed by atoms with Gasteiger partial charge in [-0.1, -0.05) is 13.3 Å². The van der Waals surface area contributed by atoms with Gasteiger partial charge < -0.3 is 10.2 Å². The molecule has 2 fully saturated rings. The van der Waals surface area contributed by atoms with Crippen molar-refractivity contribution < 1.29 is 15.0 Å². The molecule has 0 aromatic carbocycles. The highest BCUT2D eigenvalue weighted by Crippen LogP contribution is 2.48. The van der Waals surface area contributed by atoms with Crippen molar-refractivity contribution in [3.63, 3.8) is 0 Å². The topological polar surface area (TPSA) is 60.8 Å². The molecule has 4 atom stereocenters. The molecule has 16 heavy (non-hydrogen) atoms. The number of fused-ring (bicyclic) bond motifs is 2. The van der Waals surface area contributed by atoms with Crippen LogP contribution in [0.25, 0.3) is 0 Å². The molecular weight excluding hydrogens is 206 g/mol. The quantitative estimate of drug-likeness (QED) is 0.757. The Bertz CT molecular complexity index is 294. The first-order chi connectivity index (χ1) is 7.54. The lowest BCUT2D eigenvalue weighted by atomic mass is 9.69. The third kappa shape index (κ3) is 1.39. The molecule has 2 saturated heterocycles. The van der Waals surface area contributed by atoms with Crippen LogP contribution in [0.15, 0.2) is 0 Å². The summed E-state index contributed by atoms with van der Waals surface area (Å²) in [7, 11) is 2.00. The van der Waals surface area contributed by atoms with Gasteiger partial charge in [-0.2, -0.15) is 0 Å². The second kappa shape index (κ2) is 4.00. The first-order valence-electron chi connectivity index (χ1n) is 6.17. The second-order valence-corrected chi connectivity index (χ2v) is 5.26. The molecule has 0 saturated carbocycles. The van der Waals surface area contributed by atoms with Crippen molar-refractivity contribution >= 4 is 5.97 Å². The van der Waals surface area contributed by atoms with Crippen molar-refractivity contribution in [1.82, 2.24) is 4.90 Å². The van der Waals surface area contributed by atoms with Crippen LogP contribution in [-0.4, -0.2) is 46.3 Å². The molecule has 0 spiro atoms. The Kier molecular flexibility index (Phi) is 2.97. The Labute approximate surface area is 96.3 Å². The lowest BCUT2D eigenvalue weighted by Gasteiger charge is -2.47. The van der Waals surface area contributed by atoms with Gasteiger partial charge >= 0.3 is 5.97 Å². The van der Waals surface area contributed by atoms with E-state index >= 15 is 0 Å². The van der Waals surface area contributed by atoms with Crippen molar-refractivity contribution in [2.75, 3.05) is 7.05 Å². The smallest absolute Gasteiger partial charge is 0.313 e. The zero-order valence-corrected chi connectivity index (χ0v) is 10.0. The summed E-state index contributed by atoms with van der Waals surface area (Å²) in [6, 6.07) is 0.392. The van der Waals surface area contributed by atoms with E-state index < -0.39 is 17.5 Å². The van der Waals surface area contributed by atoms with Crippen LogP contribution >= 0.6 is 0 Å². The van der Waals surface area contributed by atoms with Crippen LogP contribution < -0.4 is 0 Å². The van der Waals surface area contributed by atoms with Gasteiger partial charge in [-0.05, 0) is 32.7 Å². The molecule has 0 amide bonds. The van der Waals surface area contributed by atoms with Gasteiger partial charge in [0.25, 0.3) is 0 Å². The van der Waals surface area contributed by atoms with E-state index in [2.05, 4.69) is 4.90 Å². The average Bonchev–Trinajstić information content (AvgIpc) is 2.48. The Balaban J connectivity index is 2.37. The number of piperidine rings is 1. The maximum absolute atomic E-state index is 11.6. The molecule has 2 aliphatic heterocycles. The van der Waals surface area contributed by atoms with Crippen LogP contribution in [0.5, 0.6) is 0 Å². The molecule has 2 bridgehead atoms. The lowest BCUT2D eigenvalue weighted by molar-refractivity contribution is -0.171. The first-order valence-corrected chi connectivity index (χ1v) is 6.17. The second-order valence-electron chi connectivity index (χ2n) is 5.26. The van der Waals surface area contributed by atoms with Crippen LogP contribution in [0.3, 0.4) is 0 Å². The van der Waals surface area contributed by atoms with E-state index in [1.165, 1.54) is 0 Å². The van der Waals surface area contributed by atoms with Gasteiger partial charge in [-0.15, -0.1) is 0 Å². The summed E-state index contributed by atoms with van der Waals surface area (Å²) in [5, 5.41) is 19.8. The van der Waals surface area contributed by atoms with Crippen LogP contribution in [0, 0.1) is 5.41 Å². The van der Waals surface area contributed by atoms with Gasteiger partial charge in [0.1, 0.15) is 5.41 Å². The predicted molar refractivity (Wildman–Crippen MR) is 60.2 cm³/mol. The highest BCUT2D eigenvalue weighted by Gasteiger charge is 2.59. The Morgan fingerprint density at radius 3 is 2.75 bits per heavy atom. The monoisotopic (exact) mass is 227 g/mol. The summed E-state index contributed by atoms with van der Waals surface area (Å²) in [5.41, 5.74) is -0.934. The van der Waals surface area contributed by atoms with E-state index in [1.807, 2.05) is 14.0 Å². The fourth-order valence-electron chi connectivity index (χ4n) is 3.75. The van der Waals surface area contributed by atoms with Crippen molar-refractivity contribution in [3.8, 4) is 0 Å². The molecule has 0 unspecified atom stereocenters. The molecule has 2 aliphatic rings. The van der Waals surface area contributed by atoms with E-state index in [9.17, 15) is 15.0 Å². The van der Waals surface area contributed by atoms with E-state index in [0.717, 1.165) is 19.3 Å². The van der Waals surface area contributed by atoms with Crippen LogP contribution in [0.2, 0.25) is 0 Å². The fourth-order valence-corrected chi connectivity index (χ4v) is 3.75. The van der Waals surface area contributed by atoms with Crippen molar-refractivity contribution in [3.05, 3.63) is 0 Å². The number of rotatable bonds is 3. The van der Waals surface area contributed by atoms with Crippen molar-refractivity contribution in [1.29, 1.82) is 0 Å². The van der Waals surface area contributed by atoms with Gasteiger partial charge in [0, 0.05) is 12.1 Å². The molecule has 2 N–H and O–H groups in total. The number of carboxylic acid groups (broad SMARTS) is 1. The van der Waals surface area contributed by atoms with Crippen LogP contribution in [0.4, 0.5) is 0 Å². The third-order valence-corrected chi connectivity index (χ3v) is 4.59. The number of hydrogen-bond acceptors (Lipinski definition) is 3. The largest absolute Gasteiger partial charge is 0.481 e. The fraction of sp³-hybridized carbons (Fsp3) is 0.917. The molecule has 2 rings (SSSR count). The molecule has 4 nitrogen and oxygen atoms in total. The van der Waals surface area contributed by atoms with Gasteiger partial charge in [-0.25, -0.2) is 0 Å². The van der Waals surface area contributed by atoms with E-state index in [-0.39, 0.29) is 6.04 Å². The van der Waals surface area contributed by atoms with E-state index in [1.54, 1.807) is 0 Å². The minimum atomic E-state index is -0.934. The highest BCUT2D eigenvalue weighted by atomic mass is 16.4. The molecular formula is C12H21NO3. The number of carboxylic acids is 1. The van der Waals surface area contributed by atoms with Crippen molar-refractivity contribution in [2.24, 2.45) is 5.41 Å². The minimum absolute atomic E-state index is 0.0127. The Morgan fingerprint density at radius 1 is 1.50 bits per heavy atom. The number of hydrogen-bond donors (Lipinski definition) is 2. The molecule has 2 heterocycles. The van der Waals surface area contributed by atoms with E-state index in [0.29, 0.717) is 18.9 Å². The predicted octanol–water partition coefficient (Wildman–Crippen LogP) is 1.08. The molecule has 0 radical (unpaired) electrons. The summed E-state index contributed by atoms with van der Waals surface area (Å²) < 4.78 is 0.